The van der Waals surface area contributed by atoms with Gasteiger partial charge in [0.2, 0.25) is 0 Å². The van der Waals surface area contributed by atoms with Gasteiger partial charge in [-0.3, -0.25) is 24.8 Å². The van der Waals surface area contributed by atoms with Gasteiger partial charge in [0.05, 0.1) is 32.3 Å². The van der Waals surface area contributed by atoms with E-state index < -0.39 is 4.92 Å². The van der Waals surface area contributed by atoms with E-state index in [2.05, 4.69) is 16.0 Å². The van der Waals surface area contributed by atoms with E-state index in [1.54, 1.807) is 6.20 Å². The molecule has 9 heteroatoms. The topological polar surface area (TPSA) is 89.2 Å². The van der Waals surface area contributed by atoms with Gasteiger partial charge in [-0.2, -0.15) is 0 Å². The molecule has 0 saturated heterocycles. The van der Waals surface area contributed by atoms with Crippen LogP contribution in [0.2, 0.25) is 0 Å². The van der Waals surface area contributed by atoms with Crippen LogP contribution in [0.15, 0.2) is 48.7 Å². The predicted octanol–water partition coefficient (Wildman–Crippen LogP) is 5.12. The summed E-state index contributed by atoms with van der Waals surface area (Å²) in [5.74, 6) is -0.331. The highest BCUT2D eigenvalue weighted by Gasteiger charge is 2.25. The molecule has 0 bridgehead atoms. The average molecular weight is 425 g/mol. The summed E-state index contributed by atoms with van der Waals surface area (Å²) in [6.07, 6.45) is 1.67. The molecule has 0 fully saturated rings. The molecule has 0 saturated carbocycles. The minimum absolute atomic E-state index is 0.0677. The van der Waals surface area contributed by atoms with Gasteiger partial charge in [-0.25, -0.2) is 4.98 Å². The molecule has 1 amide bonds. The molecule has 4 rings (SSSR count). The molecule has 0 atom stereocenters. The van der Waals surface area contributed by atoms with Crippen molar-refractivity contribution in [1.82, 2.24) is 9.97 Å². The fraction of sp³-hybridized carbons (Fsp3) is 0.150. The van der Waals surface area contributed by atoms with E-state index in [-0.39, 0.29) is 17.5 Å². The van der Waals surface area contributed by atoms with Gasteiger partial charge in [0.25, 0.3) is 5.91 Å². The van der Waals surface area contributed by atoms with Crippen molar-refractivity contribution in [3.8, 4) is 0 Å². The van der Waals surface area contributed by atoms with Crippen molar-refractivity contribution in [2.75, 3.05) is 4.90 Å². The van der Waals surface area contributed by atoms with E-state index in [1.807, 2.05) is 38.1 Å². The molecule has 4 aromatic rings. The van der Waals surface area contributed by atoms with Crippen LogP contribution in [0.3, 0.4) is 0 Å². The third kappa shape index (κ3) is 3.87. The number of amides is 1. The number of nitrogens with zero attached hydrogens (tertiary/aromatic N) is 4. The third-order valence-corrected chi connectivity index (χ3v) is 6.57. The Morgan fingerprint density at radius 1 is 1.17 bits per heavy atom. The minimum atomic E-state index is -0.492. The fourth-order valence-electron chi connectivity index (χ4n) is 3.03. The number of anilines is 1. The first-order chi connectivity index (χ1) is 13.9. The lowest BCUT2D eigenvalue weighted by molar-refractivity contribution is -0.380. The van der Waals surface area contributed by atoms with Crippen molar-refractivity contribution in [1.29, 1.82) is 0 Å². The summed E-state index contributed by atoms with van der Waals surface area (Å²) in [4.78, 5) is 34.6. The first kappa shape index (κ1) is 19.2. The number of aryl methyl sites for hydroxylation is 2. The Morgan fingerprint density at radius 2 is 2.00 bits per heavy atom. The molecular formula is C20H16N4O3S2. The zero-order valence-electron chi connectivity index (χ0n) is 15.7. The Kier molecular flexibility index (Phi) is 5.08. The lowest BCUT2D eigenvalue weighted by atomic mass is 10.1. The number of aromatic nitrogens is 2. The van der Waals surface area contributed by atoms with Crippen molar-refractivity contribution < 1.29 is 9.72 Å². The van der Waals surface area contributed by atoms with E-state index >= 15 is 0 Å². The molecule has 0 spiro atoms. The monoisotopic (exact) mass is 424 g/mol. The number of rotatable bonds is 5. The number of fused-ring (bicyclic) bond motifs is 1. The summed E-state index contributed by atoms with van der Waals surface area (Å²) in [7, 11) is 0. The second-order valence-corrected chi connectivity index (χ2v) is 8.57. The van der Waals surface area contributed by atoms with Gasteiger partial charge in [0.1, 0.15) is 0 Å². The summed E-state index contributed by atoms with van der Waals surface area (Å²) in [5, 5.41) is 11.5. The summed E-state index contributed by atoms with van der Waals surface area (Å²) < 4.78 is 1.02. The second-order valence-electron chi connectivity index (χ2n) is 6.53. The maximum atomic E-state index is 13.3. The van der Waals surface area contributed by atoms with Crippen molar-refractivity contribution in [2.45, 2.75) is 20.4 Å². The Morgan fingerprint density at radius 3 is 2.69 bits per heavy atom. The van der Waals surface area contributed by atoms with Gasteiger partial charge >= 0.3 is 5.00 Å². The van der Waals surface area contributed by atoms with E-state index in [9.17, 15) is 14.9 Å². The molecular weight excluding hydrogens is 408 g/mol. The first-order valence-electron chi connectivity index (χ1n) is 8.76. The largest absolute Gasteiger partial charge is 0.324 e. The van der Waals surface area contributed by atoms with Crippen LogP contribution in [0.25, 0.3) is 10.2 Å². The molecule has 146 valence electrons. The van der Waals surface area contributed by atoms with Gasteiger partial charge in [0, 0.05) is 12.3 Å². The number of hydrogen-bond donors (Lipinski definition) is 0. The number of hydrogen-bond acceptors (Lipinski definition) is 7. The smallest absolute Gasteiger partial charge is 0.277 e. The number of carbonyl (C=O) groups is 1. The predicted molar refractivity (Wildman–Crippen MR) is 115 cm³/mol. The van der Waals surface area contributed by atoms with Crippen LogP contribution in [-0.4, -0.2) is 20.8 Å². The van der Waals surface area contributed by atoms with Crippen LogP contribution in [0.4, 0.5) is 10.1 Å². The van der Waals surface area contributed by atoms with Crippen molar-refractivity contribution in [2.24, 2.45) is 0 Å². The van der Waals surface area contributed by atoms with E-state index in [1.165, 1.54) is 28.4 Å². The molecule has 0 aliphatic heterocycles. The second kappa shape index (κ2) is 7.69. The van der Waals surface area contributed by atoms with Gasteiger partial charge in [0.15, 0.2) is 5.13 Å². The number of carbonyl (C=O) groups excluding carboxylic acids is 1. The lowest BCUT2D eigenvalue weighted by Crippen LogP contribution is -2.30. The molecule has 7 nitrogen and oxygen atoms in total. The molecule has 0 unspecified atom stereocenters. The summed E-state index contributed by atoms with van der Waals surface area (Å²) in [5.41, 5.74) is 3.74. The molecule has 0 aliphatic rings. The lowest BCUT2D eigenvalue weighted by Gasteiger charge is -2.18. The molecule has 0 aliphatic carbocycles. The minimum Gasteiger partial charge on any atom is -0.277 e. The van der Waals surface area contributed by atoms with E-state index in [0.29, 0.717) is 15.7 Å². The van der Waals surface area contributed by atoms with Crippen LogP contribution in [0.5, 0.6) is 0 Å². The maximum Gasteiger partial charge on any atom is 0.324 e. The number of thiophene rings is 1. The van der Waals surface area contributed by atoms with Crippen LogP contribution >= 0.6 is 22.7 Å². The summed E-state index contributed by atoms with van der Waals surface area (Å²) in [6, 6.07) is 12.4. The molecule has 0 radical (unpaired) electrons. The van der Waals surface area contributed by atoms with Crippen LogP contribution in [0.1, 0.15) is 26.5 Å². The molecule has 3 heterocycles. The van der Waals surface area contributed by atoms with Gasteiger partial charge in [-0.05, 0) is 49.2 Å². The number of nitro groups is 1. The zero-order valence-corrected chi connectivity index (χ0v) is 17.3. The third-order valence-electron chi connectivity index (χ3n) is 4.31. The fourth-order valence-corrected chi connectivity index (χ4v) is 4.82. The Labute approximate surface area is 174 Å². The van der Waals surface area contributed by atoms with Crippen molar-refractivity contribution >= 4 is 48.9 Å². The Balaban J connectivity index is 1.78. The van der Waals surface area contributed by atoms with Gasteiger partial charge in [-0.1, -0.05) is 34.8 Å². The summed E-state index contributed by atoms with van der Waals surface area (Å²) >= 11 is 2.29. The van der Waals surface area contributed by atoms with Crippen molar-refractivity contribution in [3.05, 3.63) is 80.5 Å². The highest BCUT2D eigenvalue weighted by molar-refractivity contribution is 7.22. The van der Waals surface area contributed by atoms with Crippen LogP contribution < -0.4 is 4.90 Å². The normalized spacial score (nSPS) is 11.0. The summed E-state index contributed by atoms with van der Waals surface area (Å²) in [6.45, 7) is 4.25. The Hall–Kier alpha value is -3.17. The van der Waals surface area contributed by atoms with E-state index in [0.717, 1.165) is 32.7 Å². The molecule has 1 aromatic carbocycles. The highest BCUT2D eigenvalue weighted by atomic mass is 32.1. The van der Waals surface area contributed by atoms with Crippen LogP contribution in [-0.2, 0) is 6.54 Å². The number of benzene rings is 1. The quantitative estimate of drug-likeness (QED) is 0.327. The molecule has 29 heavy (non-hydrogen) atoms. The van der Waals surface area contributed by atoms with Crippen molar-refractivity contribution in [3.63, 3.8) is 0 Å². The van der Waals surface area contributed by atoms with Gasteiger partial charge in [-0.15, -0.1) is 0 Å². The maximum absolute atomic E-state index is 13.3. The zero-order chi connectivity index (χ0) is 20.5. The standard InChI is InChI=1S/C20H16N4O3S2/c1-12-9-13(2)18-15(10-12)22-20(29-18)23(11-14-5-3-4-8-21-14)19(25)16-6-7-17(28-16)24(26)27/h3-10H,11H2,1-2H3. The van der Waals surface area contributed by atoms with Crippen LogP contribution in [0, 0.1) is 24.0 Å². The molecule has 0 N–H and O–H groups in total. The SMILES string of the molecule is Cc1cc(C)c2sc(N(Cc3ccccn3)C(=O)c3ccc([N+](=O)[O-])s3)nc2c1. The Bertz CT molecular complexity index is 1220. The number of thiazole rings is 1. The average Bonchev–Trinajstić information content (AvgIpc) is 3.34. The van der Waals surface area contributed by atoms with E-state index in [4.69, 9.17) is 0 Å². The number of pyridine rings is 1. The molecule has 3 aromatic heterocycles. The first-order valence-corrected chi connectivity index (χ1v) is 10.4. The highest BCUT2D eigenvalue weighted by Crippen LogP contribution is 2.34. The van der Waals surface area contributed by atoms with Gasteiger partial charge < -0.3 is 0 Å².